The lowest BCUT2D eigenvalue weighted by molar-refractivity contribution is -0.136. The Morgan fingerprint density at radius 2 is 0.940 bits per heavy atom. The molecule has 2 aromatic rings. The summed E-state index contributed by atoms with van der Waals surface area (Å²) >= 11 is 0. The number of ether oxygens (including phenoxy) is 3. The van der Waals surface area contributed by atoms with E-state index in [0.717, 1.165) is 30.0 Å². The summed E-state index contributed by atoms with van der Waals surface area (Å²) in [6, 6.07) is 11.6. The molecule has 6 atom stereocenters. The van der Waals surface area contributed by atoms with E-state index in [4.69, 9.17) is 31.9 Å². The molecule has 1 N–H and O–H groups in total. The van der Waals surface area contributed by atoms with Gasteiger partial charge in [-0.1, -0.05) is 170 Å². The number of carboxylic acid groups (broad SMARTS) is 1. The van der Waals surface area contributed by atoms with Crippen molar-refractivity contribution >= 4 is 57.1 Å². The smallest absolute Gasteiger partial charge is 0.342 e. The highest BCUT2D eigenvalue weighted by Crippen LogP contribution is 2.44. The van der Waals surface area contributed by atoms with Crippen molar-refractivity contribution in [2.24, 2.45) is 11.8 Å². The monoisotopic (exact) mass is 1220 g/mol. The molecule has 83 heavy (non-hydrogen) atoms. The molecule has 464 valence electrons. The normalized spacial score (nSPS) is 22.1. The number of rotatable bonds is 16. The maximum absolute atomic E-state index is 14.1. The molecule has 16 heteroatoms. The molecule has 12 nitrogen and oxygen atoms in total. The first kappa shape index (κ1) is 72.7. The average molecular weight is 1220 g/mol. The summed E-state index contributed by atoms with van der Waals surface area (Å²) in [5, 5.41) is 9.16. The molecule has 0 saturated carbocycles. The van der Waals surface area contributed by atoms with Gasteiger partial charge in [0.15, 0.2) is 16.6 Å². The van der Waals surface area contributed by atoms with Gasteiger partial charge in [0.1, 0.15) is 41.4 Å². The van der Waals surface area contributed by atoms with Crippen molar-refractivity contribution in [1.82, 2.24) is 0 Å². The Balaban J connectivity index is 0.000000436. The second-order valence-corrected chi connectivity index (χ2v) is 47.9. The Labute approximate surface area is 505 Å². The summed E-state index contributed by atoms with van der Waals surface area (Å²) in [5.74, 6) is -0.797. The molecule has 0 amide bonds. The maximum atomic E-state index is 14.1. The molecule has 0 aliphatic carbocycles. The van der Waals surface area contributed by atoms with Crippen LogP contribution in [-0.4, -0.2) is 93.3 Å². The maximum Gasteiger partial charge on any atom is 0.342 e. The van der Waals surface area contributed by atoms with Crippen molar-refractivity contribution in [3.05, 3.63) is 120 Å². The predicted octanol–water partition coefficient (Wildman–Crippen LogP) is 17.7. The van der Waals surface area contributed by atoms with Crippen molar-refractivity contribution in [2.45, 2.75) is 245 Å². The fourth-order valence-electron chi connectivity index (χ4n) is 8.38. The molecule has 0 radical (unpaired) electrons. The molecule has 0 aromatic heterocycles. The number of carboxylic acids is 1. The van der Waals surface area contributed by atoms with Gasteiger partial charge in [-0.3, -0.25) is 0 Å². The number of carbonyl (C=O) groups is 4. The fraction of sp³-hybridized carbons (Fsp3) is 0.612. The summed E-state index contributed by atoms with van der Waals surface area (Å²) in [4.78, 5) is 51.4. The highest BCUT2D eigenvalue weighted by atomic mass is 28.4. The van der Waals surface area contributed by atoms with Gasteiger partial charge in [-0.05, 0) is 133 Å². The average Bonchev–Trinajstić information content (AvgIpc) is 3.24. The van der Waals surface area contributed by atoms with Crippen molar-refractivity contribution in [1.29, 1.82) is 0 Å². The van der Waals surface area contributed by atoms with Crippen LogP contribution in [0.5, 0.6) is 11.5 Å². The lowest BCUT2D eigenvalue weighted by Crippen LogP contribution is -2.46. The highest BCUT2D eigenvalue weighted by Gasteiger charge is 2.45. The number of esters is 3. The predicted molar refractivity (Wildman–Crippen MR) is 350 cm³/mol. The minimum absolute atomic E-state index is 0.0244. The molecule has 2 aliphatic rings. The van der Waals surface area contributed by atoms with E-state index in [-0.39, 0.29) is 50.8 Å². The Morgan fingerprint density at radius 1 is 0.578 bits per heavy atom. The highest BCUT2D eigenvalue weighted by molar-refractivity contribution is 6.75. The Kier molecular flexibility index (Phi) is 26.4. The first-order chi connectivity index (χ1) is 38.0. The van der Waals surface area contributed by atoms with Gasteiger partial charge >= 0.3 is 23.9 Å². The summed E-state index contributed by atoms with van der Waals surface area (Å²) < 4.78 is 44.9. The SMILES string of the molecule is C=CCOC(=O)/C=C/CC1C[C@@H](O[Si](C)(C)C(C)(C)C)[C@@H](C)C/C=C/Cc2cccc(O[Si](C)(C)C(C)(C)C)c2C(=O)O1.C[C@H]1C/C=C/Cc2cccc(O[Si](C)(C)C(C)(C)C)c2C(=O)OC(C/C=C/C(=O)O)C[C@H]1O[Si](C)(C)C(C)(C)C. The van der Waals surface area contributed by atoms with E-state index in [9.17, 15) is 24.3 Å². The molecule has 2 aromatic carbocycles. The van der Waals surface area contributed by atoms with E-state index >= 15 is 0 Å². The first-order valence-corrected chi connectivity index (χ1v) is 41.7. The van der Waals surface area contributed by atoms with Gasteiger partial charge in [0.05, 0.1) is 12.2 Å². The third kappa shape index (κ3) is 22.0. The van der Waals surface area contributed by atoms with Crippen LogP contribution >= 0.6 is 0 Å². The van der Waals surface area contributed by atoms with Gasteiger partial charge in [0.2, 0.25) is 0 Å². The van der Waals surface area contributed by atoms with Crippen LogP contribution in [0.4, 0.5) is 0 Å². The summed E-state index contributed by atoms with van der Waals surface area (Å²) in [5.41, 5.74) is 2.67. The molecule has 2 aliphatic heterocycles. The molecule has 0 spiro atoms. The summed E-state index contributed by atoms with van der Waals surface area (Å²) in [6.07, 6.45) is 19.2. The molecule has 0 saturated heterocycles. The van der Waals surface area contributed by atoms with E-state index in [1.165, 1.54) is 12.2 Å². The zero-order chi connectivity index (χ0) is 63.2. The third-order valence-corrected chi connectivity index (χ3v) is 35.7. The van der Waals surface area contributed by atoms with Gasteiger partial charge in [0, 0.05) is 37.8 Å². The fourth-order valence-corrected chi connectivity index (χ4v) is 13.3. The van der Waals surface area contributed by atoms with E-state index in [1.54, 1.807) is 12.2 Å². The topological polar surface area (TPSA) is 153 Å². The van der Waals surface area contributed by atoms with Crippen LogP contribution in [0.3, 0.4) is 0 Å². The van der Waals surface area contributed by atoms with E-state index in [1.807, 2.05) is 36.4 Å². The zero-order valence-electron chi connectivity index (χ0n) is 55.1. The molecule has 2 heterocycles. The lowest BCUT2D eigenvalue weighted by atomic mass is 9.93. The number of hydrogen-bond acceptors (Lipinski definition) is 11. The molecule has 4 rings (SSSR count). The van der Waals surface area contributed by atoms with Crippen LogP contribution < -0.4 is 8.85 Å². The lowest BCUT2D eigenvalue weighted by Gasteiger charge is -2.41. The Hall–Kier alpha value is -4.59. The van der Waals surface area contributed by atoms with Crippen LogP contribution in [0.25, 0.3) is 0 Å². The standard InChI is InChI=1S/C35H56O6Si2.C32H52O6Si2/c1-13-24-38-31(36)23-17-21-28-25-30(41-43(11,12)35(6,7)8)26(2)18-14-15-19-27-20-16-22-29(32(27)33(37)39-28)40-42(9,10)34(3,4)5;1-23-16-12-13-17-24-18-14-20-26(37-39(8,9)31(2,3)4)29(24)30(35)36-25(19-15-21-28(33)34)22-27(23)38-40(10,11)32(5,6)7/h13-17,20,22-23,26,28,30H,1,18-19,21,24-25H2,2-12H3;12-15,18,20-21,23,25,27H,16-17,19,22H2,1-11H3,(H,33,34)/b15-14+,23-17+;13-12+,21-15+/t26-,28?,30+;23-,25?,27+/m00/s1. The van der Waals surface area contributed by atoms with Gasteiger partial charge in [-0.25, -0.2) is 19.2 Å². The number of carbonyl (C=O) groups excluding carboxylic acids is 3. The van der Waals surface area contributed by atoms with Crippen molar-refractivity contribution in [3.63, 3.8) is 0 Å². The second kappa shape index (κ2) is 30.2. The Bertz CT molecular complexity index is 2620. The number of aliphatic carboxylic acids is 1. The quantitative estimate of drug-likeness (QED) is 0.0559. The number of hydrogen-bond donors (Lipinski definition) is 1. The van der Waals surface area contributed by atoms with Crippen LogP contribution in [0, 0.1) is 11.8 Å². The number of benzene rings is 2. The van der Waals surface area contributed by atoms with Crippen LogP contribution in [0.1, 0.15) is 167 Å². The number of cyclic esters (lactones) is 2. The largest absolute Gasteiger partial charge is 0.543 e. The molecular formula is C67H108O12Si4. The van der Waals surface area contributed by atoms with Crippen LogP contribution in [-0.2, 0) is 45.5 Å². The van der Waals surface area contributed by atoms with Gasteiger partial charge < -0.3 is 37.0 Å². The molecular weight excluding hydrogens is 1110 g/mol. The van der Waals surface area contributed by atoms with Crippen molar-refractivity contribution < 1.29 is 56.2 Å². The number of allylic oxidation sites excluding steroid dienone is 4. The second-order valence-electron chi connectivity index (χ2n) is 29.0. The van der Waals surface area contributed by atoms with Crippen LogP contribution in [0.15, 0.2) is 97.7 Å². The van der Waals surface area contributed by atoms with Crippen molar-refractivity contribution in [3.8, 4) is 11.5 Å². The molecule has 0 fully saturated rings. The van der Waals surface area contributed by atoms with E-state index < -0.39 is 69.4 Å². The minimum atomic E-state index is -2.24. The third-order valence-electron chi connectivity index (χ3n) is 18.0. The number of fused-ring (bicyclic) bond motifs is 2. The summed E-state index contributed by atoms with van der Waals surface area (Å²) in [6.45, 7) is 52.2. The van der Waals surface area contributed by atoms with Crippen LogP contribution in [0.2, 0.25) is 72.5 Å². The van der Waals surface area contributed by atoms with Gasteiger partial charge in [-0.15, -0.1) is 0 Å². The van der Waals surface area contributed by atoms with E-state index in [0.29, 0.717) is 61.2 Å². The Morgan fingerprint density at radius 3 is 1.28 bits per heavy atom. The first-order valence-electron chi connectivity index (χ1n) is 30.1. The van der Waals surface area contributed by atoms with Gasteiger partial charge in [-0.2, -0.15) is 0 Å². The van der Waals surface area contributed by atoms with E-state index in [2.05, 4.69) is 180 Å². The molecule has 0 bridgehead atoms. The van der Waals surface area contributed by atoms with Gasteiger partial charge in [0.25, 0.3) is 16.6 Å². The van der Waals surface area contributed by atoms with Crippen molar-refractivity contribution in [2.75, 3.05) is 6.61 Å². The minimum Gasteiger partial charge on any atom is -0.543 e. The molecule has 2 unspecified atom stereocenters. The zero-order valence-corrected chi connectivity index (χ0v) is 59.1. The summed E-state index contributed by atoms with van der Waals surface area (Å²) in [7, 11) is -8.73.